The fraction of sp³-hybridized carbons (Fsp3) is 0.444. The van der Waals surface area contributed by atoms with E-state index in [0.29, 0.717) is 36.0 Å². The Morgan fingerprint density at radius 1 is 1.28 bits per heavy atom. The van der Waals surface area contributed by atoms with Crippen molar-refractivity contribution < 1.29 is 17.9 Å². The Kier molecular flexibility index (Phi) is 5.48. The zero-order valence-electron chi connectivity index (χ0n) is 14.4. The molecule has 1 aliphatic rings. The van der Waals surface area contributed by atoms with Crippen molar-refractivity contribution in [2.24, 2.45) is 0 Å². The molecule has 0 atom stereocenters. The van der Waals surface area contributed by atoms with Gasteiger partial charge in [-0.3, -0.25) is 0 Å². The Labute approximate surface area is 153 Å². The zero-order valence-corrected chi connectivity index (χ0v) is 16.1. The first-order valence-electron chi connectivity index (χ1n) is 8.23. The topological polar surface area (TPSA) is 64.6 Å². The molecule has 1 aromatic heterocycles. The van der Waals surface area contributed by atoms with E-state index in [1.807, 2.05) is 11.4 Å². The number of aryl methyl sites for hydroxylation is 1. The molecule has 1 aromatic carbocycles. The van der Waals surface area contributed by atoms with Crippen LogP contribution in [-0.2, 0) is 20.2 Å². The van der Waals surface area contributed by atoms with E-state index in [0.717, 1.165) is 12.8 Å². The summed E-state index contributed by atoms with van der Waals surface area (Å²) in [5.41, 5.74) is 0.476. The van der Waals surface area contributed by atoms with Crippen LogP contribution in [0.2, 0.25) is 0 Å². The van der Waals surface area contributed by atoms with Crippen LogP contribution in [0.5, 0.6) is 5.75 Å². The van der Waals surface area contributed by atoms with Crippen molar-refractivity contribution in [3.8, 4) is 5.75 Å². The lowest BCUT2D eigenvalue weighted by Gasteiger charge is -2.36. The van der Waals surface area contributed by atoms with E-state index in [-0.39, 0.29) is 5.41 Å². The summed E-state index contributed by atoms with van der Waals surface area (Å²) >= 11 is 1.68. The lowest BCUT2D eigenvalue weighted by atomic mass is 9.79. The molecule has 1 saturated heterocycles. The molecule has 25 heavy (non-hydrogen) atoms. The highest BCUT2D eigenvalue weighted by molar-refractivity contribution is 7.89. The molecule has 2 aromatic rings. The fourth-order valence-electron chi connectivity index (χ4n) is 3.21. The highest BCUT2D eigenvalue weighted by atomic mass is 32.2. The van der Waals surface area contributed by atoms with Crippen LogP contribution in [0.3, 0.4) is 0 Å². The van der Waals surface area contributed by atoms with E-state index in [9.17, 15) is 8.42 Å². The summed E-state index contributed by atoms with van der Waals surface area (Å²) in [6.45, 7) is 3.47. The summed E-state index contributed by atoms with van der Waals surface area (Å²) in [7, 11) is -2.02. The molecule has 3 rings (SSSR count). The molecule has 0 saturated carbocycles. The molecule has 0 radical (unpaired) electrons. The standard InChI is InChI=1S/C18H23NO4S2/c1-14-12-15(22-2)5-6-16(14)25(20,21)19-13-18(7-9-23-10-8-18)17-4-3-11-24-17/h3-6,11-12,19H,7-10,13H2,1-2H3. The number of hydrogen-bond donors (Lipinski definition) is 1. The van der Waals surface area contributed by atoms with Crippen LogP contribution in [0, 0.1) is 6.92 Å². The van der Waals surface area contributed by atoms with E-state index in [1.54, 1.807) is 43.6 Å². The summed E-state index contributed by atoms with van der Waals surface area (Å²) in [5.74, 6) is 0.649. The third-order valence-electron chi connectivity index (χ3n) is 4.77. The van der Waals surface area contributed by atoms with Crippen molar-refractivity contribution in [1.29, 1.82) is 0 Å². The predicted molar refractivity (Wildman–Crippen MR) is 99.0 cm³/mol. The van der Waals surface area contributed by atoms with Gasteiger partial charge in [0.2, 0.25) is 10.0 Å². The van der Waals surface area contributed by atoms with E-state index >= 15 is 0 Å². The minimum absolute atomic E-state index is 0.195. The molecule has 0 amide bonds. The Morgan fingerprint density at radius 2 is 2.04 bits per heavy atom. The van der Waals surface area contributed by atoms with Crippen molar-refractivity contribution >= 4 is 21.4 Å². The highest BCUT2D eigenvalue weighted by Gasteiger charge is 2.36. The van der Waals surface area contributed by atoms with Gasteiger partial charge < -0.3 is 9.47 Å². The summed E-state index contributed by atoms with van der Waals surface area (Å²) in [6, 6.07) is 9.10. The summed E-state index contributed by atoms with van der Waals surface area (Å²) in [5, 5.41) is 2.04. The minimum atomic E-state index is -3.59. The molecule has 1 aliphatic heterocycles. The second kappa shape index (κ2) is 7.45. The van der Waals surface area contributed by atoms with Crippen LogP contribution in [0.25, 0.3) is 0 Å². The molecular formula is C18H23NO4S2. The first kappa shape index (κ1) is 18.4. The molecule has 1 fully saturated rings. The molecule has 0 bridgehead atoms. The van der Waals surface area contributed by atoms with Gasteiger partial charge in [0.1, 0.15) is 5.75 Å². The molecule has 0 unspecified atom stereocenters. The van der Waals surface area contributed by atoms with Crippen molar-refractivity contribution in [2.75, 3.05) is 26.9 Å². The number of sulfonamides is 1. The fourth-order valence-corrected chi connectivity index (χ4v) is 5.55. The van der Waals surface area contributed by atoms with Gasteiger partial charge in [0.15, 0.2) is 0 Å². The smallest absolute Gasteiger partial charge is 0.240 e. The molecule has 2 heterocycles. The van der Waals surface area contributed by atoms with Gasteiger partial charge in [-0.25, -0.2) is 13.1 Å². The van der Waals surface area contributed by atoms with Crippen LogP contribution in [-0.4, -0.2) is 35.3 Å². The predicted octanol–water partition coefficient (Wildman–Crippen LogP) is 3.09. The zero-order chi connectivity index (χ0) is 17.9. The molecule has 0 spiro atoms. The first-order chi connectivity index (χ1) is 12.0. The molecule has 7 heteroatoms. The molecule has 5 nitrogen and oxygen atoms in total. The van der Waals surface area contributed by atoms with E-state index < -0.39 is 10.0 Å². The Balaban J connectivity index is 1.83. The SMILES string of the molecule is COc1ccc(S(=O)(=O)NCC2(c3cccs3)CCOCC2)c(C)c1. The molecule has 1 N–H and O–H groups in total. The van der Waals surface area contributed by atoms with E-state index in [4.69, 9.17) is 9.47 Å². The van der Waals surface area contributed by atoms with Gasteiger partial charge in [-0.05, 0) is 55.0 Å². The number of ether oxygens (including phenoxy) is 2. The maximum absolute atomic E-state index is 12.8. The largest absolute Gasteiger partial charge is 0.497 e. The Morgan fingerprint density at radius 3 is 2.64 bits per heavy atom. The molecule has 0 aliphatic carbocycles. The van der Waals surface area contributed by atoms with E-state index in [1.165, 1.54) is 4.88 Å². The van der Waals surface area contributed by atoms with Gasteiger partial charge >= 0.3 is 0 Å². The number of rotatable bonds is 6. The quantitative estimate of drug-likeness (QED) is 0.835. The third-order valence-corrected chi connectivity index (χ3v) is 7.44. The maximum atomic E-state index is 12.8. The van der Waals surface area contributed by atoms with Crippen molar-refractivity contribution in [1.82, 2.24) is 4.72 Å². The van der Waals surface area contributed by atoms with Crippen LogP contribution >= 0.6 is 11.3 Å². The van der Waals surface area contributed by atoms with Gasteiger partial charge in [0.25, 0.3) is 0 Å². The lowest BCUT2D eigenvalue weighted by molar-refractivity contribution is 0.0529. The Bertz CT molecular complexity index is 810. The number of benzene rings is 1. The van der Waals surface area contributed by atoms with Gasteiger partial charge in [-0.15, -0.1) is 11.3 Å². The summed E-state index contributed by atoms with van der Waals surface area (Å²) in [6.07, 6.45) is 1.63. The molecule has 136 valence electrons. The van der Waals surface area contributed by atoms with Crippen molar-refractivity contribution in [3.05, 3.63) is 46.2 Å². The van der Waals surface area contributed by atoms with Crippen molar-refractivity contribution in [2.45, 2.75) is 30.1 Å². The normalized spacial score (nSPS) is 17.4. The third kappa shape index (κ3) is 3.89. The van der Waals surface area contributed by atoms with Crippen LogP contribution in [0.4, 0.5) is 0 Å². The number of thiophene rings is 1. The van der Waals surface area contributed by atoms with Gasteiger partial charge in [-0.2, -0.15) is 0 Å². The average Bonchev–Trinajstić information content (AvgIpc) is 3.16. The van der Waals surface area contributed by atoms with Crippen LogP contribution in [0.1, 0.15) is 23.3 Å². The van der Waals surface area contributed by atoms with Crippen LogP contribution in [0.15, 0.2) is 40.6 Å². The molecular weight excluding hydrogens is 358 g/mol. The summed E-state index contributed by atoms with van der Waals surface area (Å²) < 4.78 is 39.1. The Hall–Kier alpha value is -1.41. The van der Waals surface area contributed by atoms with Crippen molar-refractivity contribution in [3.63, 3.8) is 0 Å². The monoisotopic (exact) mass is 381 g/mol. The van der Waals surface area contributed by atoms with Gasteiger partial charge in [-0.1, -0.05) is 6.07 Å². The number of nitrogens with one attached hydrogen (secondary N) is 1. The number of hydrogen-bond acceptors (Lipinski definition) is 5. The lowest BCUT2D eigenvalue weighted by Crippen LogP contribution is -2.44. The summed E-state index contributed by atoms with van der Waals surface area (Å²) in [4.78, 5) is 1.51. The second-order valence-electron chi connectivity index (χ2n) is 6.33. The van der Waals surface area contributed by atoms with Gasteiger partial charge in [0, 0.05) is 30.1 Å². The first-order valence-corrected chi connectivity index (χ1v) is 10.6. The van der Waals surface area contributed by atoms with Gasteiger partial charge in [0.05, 0.1) is 12.0 Å². The highest BCUT2D eigenvalue weighted by Crippen LogP contribution is 2.37. The number of methoxy groups -OCH3 is 1. The minimum Gasteiger partial charge on any atom is -0.497 e. The second-order valence-corrected chi connectivity index (χ2v) is 9.01. The van der Waals surface area contributed by atoms with E-state index in [2.05, 4.69) is 10.8 Å². The average molecular weight is 382 g/mol. The maximum Gasteiger partial charge on any atom is 0.240 e. The van der Waals surface area contributed by atoms with Crippen LogP contribution < -0.4 is 9.46 Å².